The second-order valence-electron chi connectivity index (χ2n) is 4.31. The molecule has 0 aliphatic carbocycles. The largest absolute Gasteiger partial charge is 0.423 e. The SMILES string of the molecule is Cc1ccc2oc(NC(=O)c3ccccc3)nc2c1. The van der Waals surface area contributed by atoms with Gasteiger partial charge in [-0.15, -0.1) is 0 Å². The maximum atomic E-state index is 11.9. The number of hydrogen-bond donors (Lipinski definition) is 1. The number of aromatic nitrogens is 1. The van der Waals surface area contributed by atoms with E-state index < -0.39 is 0 Å². The first-order valence-corrected chi connectivity index (χ1v) is 5.96. The minimum absolute atomic E-state index is 0.217. The Morgan fingerprint density at radius 3 is 2.74 bits per heavy atom. The van der Waals surface area contributed by atoms with Crippen LogP contribution in [-0.4, -0.2) is 10.9 Å². The van der Waals surface area contributed by atoms with Crippen molar-refractivity contribution in [2.45, 2.75) is 6.92 Å². The maximum Gasteiger partial charge on any atom is 0.302 e. The minimum atomic E-state index is -0.233. The molecular weight excluding hydrogens is 240 g/mol. The summed E-state index contributed by atoms with van der Waals surface area (Å²) in [6.07, 6.45) is 0. The lowest BCUT2D eigenvalue weighted by atomic mass is 10.2. The molecule has 0 saturated heterocycles. The van der Waals surface area contributed by atoms with Gasteiger partial charge in [0, 0.05) is 5.56 Å². The molecule has 94 valence electrons. The Bertz CT molecular complexity index is 732. The van der Waals surface area contributed by atoms with Crippen LogP contribution in [0.2, 0.25) is 0 Å². The van der Waals surface area contributed by atoms with Crippen LogP contribution in [-0.2, 0) is 0 Å². The van der Waals surface area contributed by atoms with Gasteiger partial charge in [-0.25, -0.2) is 0 Å². The van der Waals surface area contributed by atoms with Crippen LogP contribution in [0.5, 0.6) is 0 Å². The number of anilines is 1. The highest BCUT2D eigenvalue weighted by Gasteiger charge is 2.10. The van der Waals surface area contributed by atoms with Gasteiger partial charge < -0.3 is 4.42 Å². The Balaban J connectivity index is 1.87. The van der Waals surface area contributed by atoms with Crippen LogP contribution in [0.3, 0.4) is 0 Å². The molecule has 2 aromatic carbocycles. The first-order valence-electron chi connectivity index (χ1n) is 5.96. The lowest BCUT2D eigenvalue weighted by Gasteiger charge is -1.99. The average Bonchev–Trinajstić information content (AvgIpc) is 2.81. The summed E-state index contributed by atoms with van der Waals surface area (Å²) >= 11 is 0. The van der Waals surface area contributed by atoms with E-state index >= 15 is 0 Å². The molecule has 0 bridgehead atoms. The monoisotopic (exact) mass is 252 g/mol. The summed E-state index contributed by atoms with van der Waals surface area (Å²) in [4.78, 5) is 16.2. The number of benzene rings is 2. The number of nitrogens with one attached hydrogen (secondary N) is 1. The second-order valence-corrected chi connectivity index (χ2v) is 4.31. The van der Waals surface area contributed by atoms with E-state index in [0.29, 0.717) is 11.1 Å². The molecule has 0 radical (unpaired) electrons. The number of carbonyl (C=O) groups excluding carboxylic acids is 1. The number of amides is 1. The van der Waals surface area contributed by atoms with E-state index in [4.69, 9.17) is 4.42 Å². The van der Waals surface area contributed by atoms with Gasteiger partial charge in [0.1, 0.15) is 5.52 Å². The first kappa shape index (κ1) is 11.5. The fourth-order valence-corrected chi connectivity index (χ4v) is 1.85. The number of oxazole rings is 1. The summed E-state index contributed by atoms with van der Waals surface area (Å²) in [6, 6.07) is 14.9. The van der Waals surface area contributed by atoms with Gasteiger partial charge in [0.05, 0.1) is 0 Å². The number of aryl methyl sites for hydroxylation is 1. The van der Waals surface area contributed by atoms with Gasteiger partial charge in [-0.05, 0) is 36.8 Å². The molecule has 0 aliphatic heterocycles. The van der Waals surface area contributed by atoms with E-state index in [1.807, 2.05) is 43.3 Å². The van der Waals surface area contributed by atoms with Gasteiger partial charge in [-0.3, -0.25) is 10.1 Å². The third-order valence-electron chi connectivity index (χ3n) is 2.80. The van der Waals surface area contributed by atoms with Crippen LogP contribution >= 0.6 is 0 Å². The van der Waals surface area contributed by atoms with Crippen LogP contribution < -0.4 is 5.32 Å². The van der Waals surface area contributed by atoms with Crippen LogP contribution in [0.15, 0.2) is 52.9 Å². The standard InChI is InChI=1S/C15H12N2O2/c1-10-7-8-13-12(9-10)16-15(19-13)17-14(18)11-5-3-2-4-6-11/h2-9H,1H3,(H,16,17,18). The highest BCUT2D eigenvalue weighted by molar-refractivity contribution is 6.03. The lowest BCUT2D eigenvalue weighted by Crippen LogP contribution is -2.11. The smallest absolute Gasteiger partial charge is 0.302 e. The summed E-state index contributed by atoms with van der Waals surface area (Å²) in [7, 11) is 0. The Hall–Kier alpha value is -2.62. The zero-order valence-electron chi connectivity index (χ0n) is 10.4. The summed E-state index contributed by atoms with van der Waals surface area (Å²) in [6.45, 7) is 1.98. The highest BCUT2D eigenvalue weighted by atomic mass is 16.4. The van der Waals surface area contributed by atoms with Crippen molar-refractivity contribution in [2.24, 2.45) is 0 Å². The summed E-state index contributed by atoms with van der Waals surface area (Å²) in [5.74, 6) is -0.233. The molecule has 1 amide bonds. The van der Waals surface area contributed by atoms with Crippen molar-refractivity contribution in [1.29, 1.82) is 0 Å². The zero-order chi connectivity index (χ0) is 13.2. The normalized spacial score (nSPS) is 10.6. The molecule has 4 nitrogen and oxygen atoms in total. The molecule has 3 aromatic rings. The molecule has 4 heteroatoms. The van der Waals surface area contributed by atoms with E-state index in [-0.39, 0.29) is 11.9 Å². The van der Waals surface area contributed by atoms with Crippen molar-refractivity contribution in [1.82, 2.24) is 4.98 Å². The summed E-state index contributed by atoms with van der Waals surface area (Å²) < 4.78 is 5.47. The predicted octanol–water partition coefficient (Wildman–Crippen LogP) is 3.39. The van der Waals surface area contributed by atoms with Crippen molar-refractivity contribution in [3.63, 3.8) is 0 Å². The molecule has 0 atom stereocenters. The summed E-state index contributed by atoms with van der Waals surface area (Å²) in [5.41, 5.74) is 3.07. The van der Waals surface area contributed by atoms with E-state index in [0.717, 1.165) is 11.1 Å². The molecule has 1 heterocycles. The molecule has 1 aromatic heterocycles. The summed E-state index contributed by atoms with van der Waals surface area (Å²) in [5, 5.41) is 2.65. The first-order chi connectivity index (χ1) is 9.22. The predicted molar refractivity (Wildman–Crippen MR) is 73.1 cm³/mol. The Morgan fingerprint density at radius 1 is 1.16 bits per heavy atom. The van der Waals surface area contributed by atoms with Gasteiger partial charge in [-0.2, -0.15) is 4.98 Å². The van der Waals surface area contributed by atoms with Crippen molar-refractivity contribution < 1.29 is 9.21 Å². The molecule has 1 N–H and O–H groups in total. The Morgan fingerprint density at radius 2 is 1.95 bits per heavy atom. The minimum Gasteiger partial charge on any atom is -0.423 e. The van der Waals surface area contributed by atoms with Gasteiger partial charge in [-0.1, -0.05) is 24.3 Å². The zero-order valence-corrected chi connectivity index (χ0v) is 10.4. The number of hydrogen-bond acceptors (Lipinski definition) is 3. The Labute approximate surface area is 110 Å². The molecule has 0 spiro atoms. The van der Waals surface area contributed by atoms with E-state index in [2.05, 4.69) is 10.3 Å². The van der Waals surface area contributed by atoms with E-state index in [1.165, 1.54) is 0 Å². The van der Waals surface area contributed by atoms with Crippen molar-refractivity contribution in [3.05, 3.63) is 59.7 Å². The van der Waals surface area contributed by atoms with Crippen LogP contribution in [0, 0.1) is 6.92 Å². The van der Waals surface area contributed by atoms with Crippen molar-refractivity contribution in [2.75, 3.05) is 5.32 Å². The van der Waals surface area contributed by atoms with Crippen molar-refractivity contribution >= 4 is 23.0 Å². The number of carbonyl (C=O) groups is 1. The van der Waals surface area contributed by atoms with Gasteiger partial charge in [0.25, 0.3) is 5.91 Å². The molecule has 0 fully saturated rings. The average molecular weight is 252 g/mol. The van der Waals surface area contributed by atoms with Crippen LogP contribution in [0.1, 0.15) is 15.9 Å². The number of fused-ring (bicyclic) bond motifs is 1. The quantitative estimate of drug-likeness (QED) is 0.760. The molecule has 0 saturated carbocycles. The number of nitrogens with zero attached hydrogens (tertiary/aromatic N) is 1. The molecule has 0 aliphatic rings. The van der Waals surface area contributed by atoms with Gasteiger partial charge in [0.2, 0.25) is 0 Å². The fourth-order valence-electron chi connectivity index (χ4n) is 1.85. The van der Waals surface area contributed by atoms with E-state index in [9.17, 15) is 4.79 Å². The molecule has 3 rings (SSSR count). The second kappa shape index (κ2) is 4.57. The van der Waals surface area contributed by atoms with Gasteiger partial charge >= 0.3 is 6.01 Å². The van der Waals surface area contributed by atoms with Gasteiger partial charge in [0.15, 0.2) is 5.58 Å². The van der Waals surface area contributed by atoms with E-state index in [1.54, 1.807) is 12.1 Å². The lowest BCUT2D eigenvalue weighted by molar-refractivity contribution is 0.102. The highest BCUT2D eigenvalue weighted by Crippen LogP contribution is 2.20. The maximum absolute atomic E-state index is 11.9. The molecule has 0 unspecified atom stereocenters. The number of rotatable bonds is 2. The Kier molecular flexibility index (Phi) is 2.76. The third-order valence-corrected chi connectivity index (χ3v) is 2.80. The molecule has 19 heavy (non-hydrogen) atoms. The third kappa shape index (κ3) is 2.33. The van der Waals surface area contributed by atoms with Crippen LogP contribution in [0.4, 0.5) is 6.01 Å². The topological polar surface area (TPSA) is 55.1 Å². The van der Waals surface area contributed by atoms with Crippen molar-refractivity contribution in [3.8, 4) is 0 Å². The van der Waals surface area contributed by atoms with Crippen LogP contribution in [0.25, 0.3) is 11.1 Å². The molecular formula is C15H12N2O2. The fraction of sp³-hybridized carbons (Fsp3) is 0.0667.